The molecule has 1 aromatic heterocycles. The number of carbonyl (C=O) groups is 1. The van der Waals surface area contributed by atoms with E-state index in [1.807, 2.05) is 65.6 Å². The Hall–Kier alpha value is -3.50. The molecule has 160 valence electrons. The Bertz CT molecular complexity index is 1230. The molecule has 0 saturated heterocycles. The molecule has 5 heteroatoms. The molecule has 5 rings (SSSR count). The molecule has 32 heavy (non-hydrogen) atoms. The number of rotatable bonds is 4. The topological polar surface area (TPSA) is 37.3 Å². The molecule has 0 spiro atoms. The third kappa shape index (κ3) is 3.90. The summed E-state index contributed by atoms with van der Waals surface area (Å²) in [6.45, 7) is 1.06. The number of hydrogen-bond donors (Lipinski definition) is 1. The van der Waals surface area contributed by atoms with E-state index in [-0.39, 0.29) is 12.1 Å². The fourth-order valence-corrected chi connectivity index (χ4v) is 4.66. The van der Waals surface area contributed by atoms with Gasteiger partial charge in [0.05, 0.1) is 17.9 Å². The van der Waals surface area contributed by atoms with Crippen molar-refractivity contribution in [2.75, 3.05) is 6.54 Å². The van der Waals surface area contributed by atoms with E-state index in [9.17, 15) is 4.79 Å². The first-order chi connectivity index (χ1) is 15.7. The Morgan fingerprint density at radius 2 is 1.66 bits per heavy atom. The van der Waals surface area contributed by atoms with Crippen molar-refractivity contribution in [2.24, 2.45) is 0 Å². The standard InChI is InChI=1S/C27H24ClN3O/c28-23-13-6-5-12-22(23)26-25-15-8-18-30(25)24-14-7-4-11-21(24)19-31(26)27(32)29-17-16-20-9-2-1-3-10-20/h1-15,18,26H,16-17,19H2,(H,29,32)/t26-/m1/s1. The summed E-state index contributed by atoms with van der Waals surface area (Å²) < 4.78 is 2.17. The molecule has 0 aliphatic carbocycles. The lowest BCUT2D eigenvalue weighted by Crippen LogP contribution is -2.42. The second kappa shape index (κ2) is 8.93. The lowest BCUT2D eigenvalue weighted by atomic mass is 10.0. The van der Waals surface area contributed by atoms with E-state index >= 15 is 0 Å². The summed E-state index contributed by atoms with van der Waals surface area (Å²) in [6, 6.07) is 29.9. The van der Waals surface area contributed by atoms with Gasteiger partial charge in [0, 0.05) is 17.8 Å². The van der Waals surface area contributed by atoms with Crippen LogP contribution in [-0.2, 0) is 13.0 Å². The second-order valence-electron chi connectivity index (χ2n) is 7.95. The smallest absolute Gasteiger partial charge is 0.318 e. The third-order valence-electron chi connectivity index (χ3n) is 5.96. The van der Waals surface area contributed by atoms with Crippen molar-refractivity contribution < 1.29 is 4.79 Å². The maximum atomic E-state index is 13.5. The third-order valence-corrected chi connectivity index (χ3v) is 6.30. The van der Waals surface area contributed by atoms with Crippen LogP contribution in [0, 0.1) is 0 Å². The molecule has 1 aliphatic rings. The van der Waals surface area contributed by atoms with Crippen molar-refractivity contribution in [1.82, 2.24) is 14.8 Å². The number of amides is 2. The summed E-state index contributed by atoms with van der Waals surface area (Å²) in [7, 11) is 0. The van der Waals surface area contributed by atoms with Crippen LogP contribution >= 0.6 is 11.6 Å². The highest BCUT2D eigenvalue weighted by Gasteiger charge is 2.33. The van der Waals surface area contributed by atoms with Crippen molar-refractivity contribution >= 4 is 17.6 Å². The van der Waals surface area contributed by atoms with Crippen molar-refractivity contribution in [2.45, 2.75) is 19.0 Å². The van der Waals surface area contributed by atoms with E-state index in [1.54, 1.807) is 0 Å². The SMILES string of the molecule is O=C(NCCc1ccccc1)N1Cc2ccccc2-n2cccc2[C@H]1c1ccccc1Cl. The van der Waals surface area contributed by atoms with Crippen LogP contribution in [0.3, 0.4) is 0 Å². The summed E-state index contributed by atoms with van der Waals surface area (Å²) >= 11 is 6.64. The van der Waals surface area contributed by atoms with Crippen LogP contribution in [0.2, 0.25) is 5.02 Å². The van der Waals surface area contributed by atoms with Crippen molar-refractivity contribution in [3.63, 3.8) is 0 Å². The largest absolute Gasteiger partial charge is 0.338 e. The zero-order valence-electron chi connectivity index (χ0n) is 17.6. The number of urea groups is 1. The zero-order chi connectivity index (χ0) is 21.9. The number of nitrogens with zero attached hydrogens (tertiary/aromatic N) is 2. The van der Waals surface area contributed by atoms with Crippen LogP contribution in [0.1, 0.15) is 28.4 Å². The van der Waals surface area contributed by atoms with Gasteiger partial charge in [-0.15, -0.1) is 0 Å². The van der Waals surface area contributed by atoms with Crippen LogP contribution in [0.15, 0.2) is 97.2 Å². The summed E-state index contributed by atoms with van der Waals surface area (Å²) in [6.07, 6.45) is 2.83. The lowest BCUT2D eigenvalue weighted by Gasteiger charge is -2.31. The summed E-state index contributed by atoms with van der Waals surface area (Å²) in [5.74, 6) is 0. The summed E-state index contributed by atoms with van der Waals surface area (Å²) in [5.41, 5.74) is 5.31. The van der Waals surface area contributed by atoms with Gasteiger partial charge < -0.3 is 14.8 Å². The van der Waals surface area contributed by atoms with Crippen molar-refractivity contribution in [3.8, 4) is 5.69 Å². The van der Waals surface area contributed by atoms with E-state index in [4.69, 9.17) is 11.6 Å². The Morgan fingerprint density at radius 1 is 0.906 bits per heavy atom. The number of halogens is 1. The van der Waals surface area contributed by atoms with Gasteiger partial charge in [-0.2, -0.15) is 0 Å². The number of para-hydroxylation sites is 1. The molecule has 2 amide bonds. The molecule has 0 bridgehead atoms. The zero-order valence-corrected chi connectivity index (χ0v) is 18.4. The minimum Gasteiger partial charge on any atom is -0.338 e. The number of fused-ring (bicyclic) bond motifs is 3. The Morgan fingerprint density at radius 3 is 2.50 bits per heavy atom. The van der Waals surface area contributed by atoms with E-state index in [0.717, 1.165) is 28.9 Å². The first-order valence-corrected chi connectivity index (χ1v) is 11.2. The second-order valence-corrected chi connectivity index (χ2v) is 8.36. The fraction of sp³-hybridized carbons (Fsp3) is 0.148. The number of benzene rings is 3. The average molecular weight is 442 g/mol. The highest BCUT2D eigenvalue weighted by Crippen LogP contribution is 2.38. The van der Waals surface area contributed by atoms with Gasteiger partial charge in [-0.25, -0.2) is 4.79 Å². The molecule has 3 aromatic carbocycles. The molecule has 0 fully saturated rings. The molecule has 0 saturated carbocycles. The number of carbonyl (C=O) groups excluding carboxylic acids is 1. The minimum atomic E-state index is -0.303. The van der Waals surface area contributed by atoms with Gasteiger partial charge in [-0.3, -0.25) is 0 Å². The summed E-state index contributed by atoms with van der Waals surface area (Å²) in [4.78, 5) is 15.4. The number of hydrogen-bond acceptors (Lipinski definition) is 1. The Labute approximate surface area is 193 Å². The predicted octanol–water partition coefficient (Wildman–Crippen LogP) is 5.99. The predicted molar refractivity (Wildman–Crippen MR) is 128 cm³/mol. The van der Waals surface area contributed by atoms with E-state index < -0.39 is 0 Å². The quantitative estimate of drug-likeness (QED) is 0.415. The first kappa shape index (κ1) is 20.4. The number of nitrogens with one attached hydrogen (secondary N) is 1. The molecule has 1 N–H and O–H groups in total. The monoisotopic (exact) mass is 441 g/mol. The van der Waals surface area contributed by atoms with Gasteiger partial charge >= 0.3 is 6.03 Å². The molecule has 0 radical (unpaired) electrons. The molecule has 4 aromatic rings. The average Bonchev–Trinajstić information content (AvgIpc) is 3.25. The molecule has 1 atom stereocenters. The fourth-order valence-electron chi connectivity index (χ4n) is 4.42. The van der Waals surface area contributed by atoms with Gasteiger partial charge in [0.25, 0.3) is 0 Å². The van der Waals surface area contributed by atoms with E-state index in [0.29, 0.717) is 18.1 Å². The van der Waals surface area contributed by atoms with Gasteiger partial charge in [-0.1, -0.05) is 78.3 Å². The van der Waals surface area contributed by atoms with Crippen LogP contribution in [0.4, 0.5) is 4.79 Å². The molecule has 2 heterocycles. The van der Waals surface area contributed by atoms with Crippen molar-refractivity contribution in [1.29, 1.82) is 0 Å². The highest BCUT2D eigenvalue weighted by molar-refractivity contribution is 6.31. The van der Waals surface area contributed by atoms with Crippen LogP contribution < -0.4 is 5.32 Å². The first-order valence-electron chi connectivity index (χ1n) is 10.8. The molecule has 1 aliphatic heterocycles. The van der Waals surface area contributed by atoms with Gasteiger partial charge in [0.15, 0.2) is 0 Å². The van der Waals surface area contributed by atoms with Crippen molar-refractivity contribution in [3.05, 3.63) is 125 Å². The molecular weight excluding hydrogens is 418 g/mol. The maximum Gasteiger partial charge on any atom is 0.318 e. The molecular formula is C27H24ClN3O. The van der Waals surface area contributed by atoms with Crippen LogP contribution in [0.5, 0.6) is 0 Å². The van der Waals surface area contributed by atoms with E-state index in [2.05, 4.69) is 46.4 Å². The van der Waals surface area contributed by atoms with Crippen LogP contribution in [-0.4, -0.2) is 22.0 Å². The maximum absolute atomic E-state index is 13.5. The normalized spacial score (nSPS) is 14.9. The van der Waals surface area contributed by atoms with Gasteiger partial charge in [0.1, 0.15) is 6.04 Å². The van der Waals surface area contributed by atoms with Gasteiger partial charge in [0.2, 0.25) is 0 Å². The Kier molecular flexibility index (Phi) is 5.70. The van der Waals surface area contributed by atoms with Crippen LogP contribution in [0.25, 0.3) is 5.69 Å². The molecule has 0 unspecified atom stereocenters. The lowest BCUT2D eigenvalue weighted by molar-refractivity contribution is 0.181. The Balaban J connectivity index is 1.51. The molecule has 4 nitrogen and oxygen atoms in total. The highest BCUT2D eigenvalue weighted by atomic mass is 35.5. The summed E-state index contributed by atoms with van der Waals surface area (Å²) in [5, 5.41) is 3.79. The minimum absolute atomic E-state index is 0.102. The van der Waals surface area contributed by atoms with E-state index in [1.165, 1.54) is 5.56 Å². The van der Waals surface area contributed by atoms with Gasteiger partial charge in [-0.05, 0) is 47.4 Å². The number of aromatic nitrogens is 1.